The zero-order valence-electron chi connectivity index (χ0n) is 10.6. The number of ether oxygens (including phenoxy) is 1. The summed E-state index contributed by atoms with van der Waals surface area (Å²) in [5, 5.41) is 0. The second-order valence-corrected chi connectivity index (χ2v) is 5.37. The Hall–Kier alpha value is -0.830. The first-order valence-electron chi connectivity index (χ1n) is 5.93. The first-order chi connectivity index (χ1) is 8.02. The van der Waals surface area contributed by atoms with Gasteiger partial charge in [-0.05, 0) is 44.4 Å². The van der Waals surface area contributed by atoms with E-state index in [9.17, 15) is 4.79 Å². The number of Topliss-reactive ketones (excluding diaryl/α,β-unsaturated/α-hetero) is 1. The standard InChI is InChI=1S/C14H19BrO2/c1-4-10(2)17-13-7-5-6-12(8-13)9-14(15)11(3)16/h5-8,10,14H,4,9H2,1-3H3. The van der Waals surface area contributed by atoms with E-state index in [1.54, 1.807) is 6.92 Å². The summed E-state index contributed by atoms with van der Waals surface area (Å²) in [5.41, 5.74) is 1.11. The fourth-order valence-corrected chi connectivity index (χ4v) is 1.79. The molecule has 0 saturated heterocycles. The van der Waals surface area contributed by atoms with E-state index in [4.69, 9.17) is 4.74 Å². The summed E-state index contributed by atoms with van der Waals surface area (Å²) in [4.78, 5) is 11.1. The Morgan fingerprint density at radius 2 is 2.18 bits per heavy atom. The maximum atomic E-state index is 11.2. The molecule has 0 saturated carbocycles. The largest absolute Gasteiger partial charge is 0.491 e. The number of benzene rings is 1. The number of halogens is 1. The maximum absolute atomic E-state index is 11.2. The topological polar surface area (TPSA) is 26.3 Å². The highest BCUT2D eigenvalue weighted by atomic mass is 79.9. The molecule has 3 heteroatoms. The molecule has 1 rings (SSSR count). The minimum atomic E-state index is -0.110. The van der Waals surface area contributed by atoms with Crippen LogP contribution in [-0.2, 0) is 11.2 Å². The molecular weight excluding hydrogens is 280 g/mol. The van der Waals surface area contributed by atoms with Crippen LogP contribution in [0.2, 0.25) is 0 Å². The molecule has 0 aliphatic heterocycles. The summed E-state index contributed by atoms with van der Waals surface area (Å²) in [5.74, 6) is 1.03. The van der Waals surface area contributed by atoms with Gasteiger partial charge in [-0.1, -0.05) is 35.0 Å². The number of hydrogen-bond donors (Lipinski definition) is 0. The normalized spacial score (nSPS) is 14.1. The zero-order chi connectivity index (χ0) is 12.8. The van der Waals surface area contributed by atoms with E-state index in [-0.39, 0.29) is 16.7 Å². The number of hydrogen-bond acceptors (Lipinski definition) is 2. The van der Waals surface area contributed by atoms with Gasteiger partial charge in [0.1, 0.15) is 11.5 Å². The average molecular weight is 299 g/mol. The van der Waals surface area contributed by atoms with Crippen molar-refractivity contribution in [1.82, 2.24) is 0 Å². The highest BCUT2D eigenvalue weighted by Crippen LogP contribution is 2.18. The van der Waals surface area contributed by atoms with Crippen LogP contribution >= 0.6 is 15.9 Å². The average Bonchev–Trinajstić information content (AvgIpc) is 2.29. The van der Waals surface area contributed by atoms with Crippen LogP contribution in [0.4, 0.5) is 0 Å². The monoisotopic (exact) mass is 298 g/mol. The summed E-state index contributed by atoms with van der Waals surface area (Å²) in [6, 6.07) is 7.93. The van der Waals surface area contributed by atoms with Crippen LogP contribution in [-0.4, -0.2) is 16.7 Å². The Kier molecular flexibility index (Phi) is 5.69. The van der Waals surface area contributed by atoms with Crippen molar-refractivity contribution in [1.29, 1.82) is 0 Å². The molecule has 2 atom stereocenters. The third-order valence-electron chi connectivity index (χ3n) is 2.67. The van der Waals surface area contributed by atoms with Gasteiger partial charge < -0.3 is 4.74 Å². The van der Waals surface area contributed by atoms with Gasteiger partial charge in [-0.2, -0.15) is 0 Å². The van der Waals surface area contributed by atoms with Crippen molar-refractivity contribution in [2.45, 2.75) is 44.5 Å². The lowest BCUT2D eigenvalue weighted by atomic mass is 10.1. The van der Waals surface area contributed by atoms with Gasteiger partial charge in [0.15, 0.2) is 0 Å². The smallest absolute Gasteiger partial charge is 0.143 e. The summed E-state index contributed by atoms with van der Waals surface area (Å²) >= 11 is 3.38. The fraction of sp³-hybridized carbons (Fsp3) is 0.500. The Morgan fingerprint density at radius 1 is 1.47 bits per heavy atom. The molecule has 0 amide bonds. The van der Waals surface area contributed by atoms with Crippen molar-refractivity contribution in [2.24, 2.45) is 0 Å². The minimum absolute atomic E-state index is 0.110. The van der Waals surface area contributed by atoms with Gasteiger partial charge in [-0.15, -0.1) is 0 Å². The first-order valence-corrected chi connectivity index (χ1v) is 6.84. The first kappa shape index (κ1) is 14.2. The van der Waals surface area contributed by atoms with Crippen LogP contribution in [0.5, 0.6) is 5.75 Å². The van der Waals surface area contributed by atoms with E-state index in [1.165, 1.54) is 0 Å². The minimum Gasteiger partial charge on any atom is -0.491 e. The van der Waals surface area contributed by atoms with Gasteiger partial charge in [0.2, 0.25) is 0 Å². The molecule has 0 bridgehead atoms. The van der Waals surface area contributed by atoms with Gasteiger partial charge in [0, 0.05) is 0 Å². The van der Waals surface area contributed by atoms with E-state index in [2.05, 4.69) is 29.8 Å². The third-order valence-corrected chi connectivity index (χ3v) is 3.64. The maximum Gasteiger partial charge on any atom is 0.143 e. The Bertz CT molecular complexity index is 376. The lowest BCUT2D eigenvalue weighted by molar-refractivity contribution is -0.116. The lowest BCUT2D eigenvalue weighted by Crippen LogP contribution is -2.13. The van der Waals surface area contributed by atoms with Gasteiger partial charge in [-0.3, -0.25) is 4.79 Å². The Balaban J connectivity index is 2.68. The Labute approximate surface area is 111 Å². The number of alkyl halides is 1. The van der Waals surface area contributed by atoms with Crippen LogP contribution < -0.4 is 4.74 Å². The molecule has 0 N–H and O–H groups in total. The van der Waals surface area contributed by atoms with Gasteiger partial charge in [0.05, 0.1) is 10.9 Å². The van der Waals surface area contributed by atoms with E-state index in [0.29, 0.717) is 6.42 Å². The third kappa shape index (κ3) is 4.90. The van der Waals surface area contributed by atoms with Crippen molar-refractivity contribution in [3.05, 3.63) is 29.8 Å². The second kappa shape index (κ2) is 6.80. The quantitative estimate of drug-likeness (QED) is 0.748. The number of ketones is 1. The fourth-order valence-electron chi connectivity index (χ4n) is 1.41. The zero-order valence-corrected chi connectivity index (χ0v) is 12.2. The predicted octanol–water partition coefficient (Wildman–Crippen LogP) is 3.76. The molecule has 17 heavy (non-hydrogen) atoms. The second-order valence-electron chi connectivity index (χ2n) is 4.27. The van der Waals surface area contributed by atoms with Gasteiger partial charge in [0.25, 0.3) is 0 Å². The summed E-state index contributed by atoms with van der Waals surface area (Å²) in [6.07, 6.45) is 1.91. The highest BCUT2D eigenvalue weighted by Gasteiger charge is 2.11. The molecule has 0 aliphatic carbocycles. The molecule has 0 spiro atoms. The van der Waals surface area contributed by atoms with Crippen molar-refractivity contribution >= 4 is 21.7 Å². The molecule has 0 fully saturated rings. The predicted molar refractivity (Wildman–Crippen MR) is 73.9 cm³/mol. The van der Waals surface area contributed by atoms with E-state index in [1.807, 2.05) is 24.3 Å². The molecule has 0 radical (unpaired) electrons. The summed E-state index contributed by atoms with van der Waals surface area (Å²) in [6.45, 7) is 5.74. The van der Waals surface area contributed by atoms with Crippen LogP contribution in [0.25, 0.3) is 0 Å². The molecule has 0 aromatic heterocycles. The van der Waals surface area contributed by atoms with Gasteiger partial charge >= 0.3 is 0 Å². The molecule has 2 nitrogen and oxygen atoms in total. The molecular formula is C14H19BrO2. The molecule has 1 aromatic carbocycles. The van der Waals surface area contributed by atoms with Crippen LogP contribution in [0.3, 0.4) is 0 Å². The van der Waals surface area contributed by atoms with E-state index >= 15 is 0 Å². The SMILES string of the molecule is CCC(C)Oc1cccc(CC(Br)C(C)=O)c1. The van der Waals surface area contributed by atoms with Crippen LogP contribution in [0.15, 0.2) is 24.3 Å². The summed E-state index contributed by atoms with van der Waals surface area (Å²) in [7, 11) is 0. The van der Waals surface area contributed by atoms with E-state index < -0.39 is 0 Å². The van der Waals surface area contributed by atoms with Crippen molar-refractivity contribution in [3.63, 3.8) is 0 Å². The van der Waals surface area contributed by atoms with E-state index in [0.717, 1.165) is 17.7 Å². The van der Waals surface area contributed by atoms with Crippen molar-refractivity contribution in [3.8, 4) is 5.75 Å². The number of carbonyl (C=O) groups excluding carboxylic acids is 1. The summed E-state index contributed by atoms with van der Waals surface area (Å²) < 4.78 is 5.75. The number of rotatable bonds is 6. The molecule has 0 heterocycles. The van der Waals surface area contributed by atoms with Crippen molar-refractivity contribution < 1.29 is 9.53 Å². The molecule has 1 aromatic rings. The van der Waals surface area contributed by atoms with Crippen molar-refractivity contribution in [2.75, 3.05) is 0 Å². The molecule has 94 valence electrons. The number of carbonyl (C=O) groups is 1. The highest BCUT2D eigenvalue weighted by molar-refractivity contribution is 9.10. The lowest BCUT2D eigenvalue weighted by Gasteiger charge is -2.14. The Morgan fingerprint density at radius 3 is 2.76 bits per heavy atom. The van der Waals surface area contributed by atoms with Gasteiger partial charge in [-0.25, -0.2) is 0 Å². The molecule has 0 aliphatic rings. The molecule has 2 unspecified atom stereocenters. The van der Waals surface area contributed by atoms with Crippen LogP contribution in [0, 0.1) is 0 Å². The van der Waals surface area contributed by atoms with Crippen LogP contribution in [0.1, 0.15) is 32.8 Å².